The van der Waals surface area contributed by atoms with Gasteiger partial charge >= 0.3 is 5.97 Å². The highest BCUT2D eigenvalue weighted by molar-refractivity contribution is 5.88. The van der Waals surface area contributed by atoms with Gasteiger partial charge in [-0.25, -0.2) is 4.79 Å². The van der Waals surface area contributed by atoms with E-state index in [2.05, 4.69) is 13.2 Å². The summed E-state index contributed by atoms with van der Waals surface area (Å²) in [7, 11) is 3.24. The number of carbonyl (C=O) groups is 3. The minimum absolute atomic E-state index is 0.431. The number of carbonyl (C=O) groups excluding carboxylic acids is 3. The van der Waals surface area contributed by atoms with E-state index in [9.17, 15) is 9.59 Å². The highest BCUT2D eigenvalue weighted by atomic mass is 16.5. The molecular formula is C30H30O6. The monoisotopic (exact) mass is 486 g/mol. The summed E-state index contributed by atoms with van der Waals surface area (Å²) in [5.74, 6) is 1.58. The second-order valence-corrected chi connectivity index (χ2v) is 7.12. The van der Waals surface area contributed by atoms with Crippen molar-refractivity contribution in [2.24, 2.45) is 0 Å². The van der Waals surface area contributed by atoms with Gasteiger partial charge in [0.05, 0.1) is 14.2 Å². The molecule has 3 aromatic rings. The Bertz CT molecular complexity index is 1140. The lowest BCUT2D eigenvalue weighted by Gasteiger charge is -2.04. The van der Waals surface area contributed by atoms with Gasteiger partial charge in [0.15, 0.2) is 0 Å². The van der Waals surface area contributed by atoms with Crippen LogP contribution in [0, 0.1) is 0 Å². The highest BCUT2D eigenvalue weighted by Gasteiger charge is 2.02. The molecular weight excluding hydrogens is 456 g/mol. The number of aldehydes is 2. The minimum Gasteiger partial charge on any atom is -0.497 e. The Kier molecular flexibility index (Phi) is 13.7. The van der Waals surface area contributed by atoms with Gasteiger partial charge in [-0.15, -0.1) is 0 Å². The second kappa shape index (κ2) is 16.8. The molecule has 0 radical (unpaired) electrons. The van der Waals surface area contributed by atoms with Crippen LogP contribution in [0.15, 0.2) is 104 Å². The maximum atomic E-state index is 11.9. The number of benzene rings is 3. The molecule has 36 heavy (non-hydrogen) atoms. The molecule has 0 unspecified atom stereocenters. The molecule has 0 amide bonds. The van der Waals surface area contributed by atoms with Crippen molar-refractivity contribution in [1.29, 1.82) is 0 Å². The number of esters is 1. The van der Waals surface area contributed by atoms with E-state index in [4.69, 9.17) is 19.0 Å². The summed E-state index contributed by atoms with van der Waals surface area (Å²) in [5, 5.41) is 0. The van der Waals surface area contributed by atoms with E-state index in [-0.39, 0.29) is 0 Å². The average Bonchev–Trinajstić information content (AvgIpc) is 2.93. The van der Waals surface area contributed by atoms with Gasteiger partial charge in [0.1, 0.15) is 29.8 Å². The summed E-state index contributed by atoms with van der Waals surface area (Å²) in [6.45, 7) is 8.08. The van der Waals surface area contributed by atoms with E-state index in [1.54, 1.807) is 51.5 Å². The summed E-state index contributed by atoms with van der Waals surface area (Å²) < 4.78 is 15.5. The largest absolute Gasteiger partial charge is 0.497 e. The summed E-state index contributed by atoms with van der Waals surface area (Å²) in [5.41, 5.74) is 3.69. The molecule has 0 aliphatic carbocycles. The third kappa shape index (κ3) is 11.4. The lowest BCUT2D eigenvalue weighted by molar-refractivity contribution is -0.128. The standard InChI is InChI=1S/C23H20O4.C4H6O.C3H4O/c1-25-20-10-8-19(9-11-20)18-6-3-17(4-7-18)5-16-23(24)27-22-14-12-21(26-2)13-15-22;1-4(2)3-5;1-2-3-4/h3-16H,1-2H3;3H,1H2,2H3;2-3H,1H2/b16-5-;;. The van der Waals surface area contributed by atoms with E-state index >= 15 is 0 Å². The van der Waals surface area contributed by atoms with E-state index in [1.165, 1.54) is 12.2 Å². The van der Waals surface area contributed by atoms with Crippen molar-refractivity contribution in [3.8, 4) is 28.4 Å². The number of rotatable bonds is 8. The predicted molar refractivity (Wildman–Crippen MR) is 143 cm³/mol. The molecule has 0 spiro atoms. The summed E-state index contributed by atoms with van der Waals surface area (Å²) in [4.78, 5) is 30.4. The smallest absolute Gasteiger partial charge is 0.336 e. The van der Waals surface area contributed by atoms with Crippen molar-refractivity contribution in [2.45, 2.75) is 6.92 Å². The molecule has 0 aromatic heterocycles. The molecule has 3 aromatic carbocycles. The zero-order chi connectivity index (χ0) is 26.8. The Balaban J connectivity index is 0.000000620. The number of allylic oxidation sites excluding steroid dienone is 2. The van der Waals surface area contributed by atoms with Crippen LogP contribution in [-0.4, -0.2) is 32.8 Å². The van der Waals surface area contributed by atoms with E-state index in [1.807, 2.05) is 48.5 Å². The first-order chi connectivity index (χ1) is 17.4. The van der Waals surface area contributed by atoms with Crippen molar-refractivity contribution in [1.82, 2.24) is 0 Å². The van der Waals surface area contributed by atoms with Crippen LogP contribution < -0.4 is 14.2 Å². The number of ether oxygens (including phenoxy) is 3. The summed E-state index contributed by atoms with van der Waals surface area (Å²) >= 11 is 0. The first kappa shape index (κ1) is 29.3. The van der Waals surface area contributed by atoms with Crippen LogP contribution in [0.3, 0.4) is 0 Å². The van der Waals surface area contributed by atoms with Crippen molar-refractivity contribution in [3.05, 3.63) is 109 Å². The molecule has 0 atom stereocenters. The normalized spacial score (nSPS) is 9.42. The van der Waals surface area contributed by atoms with Crippen LogP contribution in [0.1, 0.15) is 12.5 Å². The number of hydrogen-bond donors (Lipinski definition) is 0. The van der Waals surface area contributed by atoms with Crippen LogP contribution in [-0.2, 0) is 14.4 Å². The topological polar surface area (TPSA) is 78.9 Å². The van der Waals surface area contributed by atoms with E-state index in [0.29, 0.717) is 23.4 Å². The molecule has 0 saturated carbocycles. The van der Waals surface area contributed by atoms with E-state index in [0.717, 1.165) is 28.7 Å². The Hall–Kier alpha value is -4.71. The molecule has 0 aliphatic heterocycles. The van der Waals surface area contributed by atoms with Gasteiger partial charge in [-0.1, -0.05) is 49.6 Å². The Morgan fingerprint density at radius 1 is 0.750 bits per heavy atom. The summed E-state index contributed by atoms with van der Waals surface area (Å²) in [6.07, 6.45) is 5.69. The predicted octanol–water partition coefficient (Wildman–Crippen LogP) is 6.12. The molecule has 6 heteroatoms. The molecule has 0 saturated heterocycles. The number of hydrogen-bond acceptors (Lipinski definition) is 6. The van der Waals surface area contributed by atoms with Gasteiger partial charge < -0.3 is 14.2 Å². The first-order valence-electron chi connectivity index (χ1n) is 10.8. The lowest BCUT2D eigenvalue weighted by atomic mass is 10.0. The minimum atomic E-state index is -0.431. The van der Waals surface area contributed by atoms with Gasteiger partial charge in [-0.2, -0.15) is 0 Å². The maximum Gasteiger partial charge on any atom is 0.336 e. The fourth-order valence-electron chi connectivity index (χ4n) is 2.53. The van der Waals surface area contributed by atoms with Crippen LogP contribution in [0.25, 0.3) is 17.2 Å². The quantitative estimate of drug-likeness (QED) is 0.165. The van der Waals surface area contributed by atoms with Gasteiger partial charge in [-0.3, -0.25) is 9.59 Å². The zero-order valence-corrected chi connectivity index (χ0v) is 20.7. The third-order valence-electron chi connectivity index (χ3n) is 4.32. The second-order valence-electron chi connectivity index (χ2n) is 7.12. The fourth-order valence-corrected chi connectivity index (χ4v) is 2.53. The highest BCUT2D eigenvalue weighted by Crippen LogP contribution is 2.23. The Labute approximate surface area is 212 Å². The van der Waals surface area contributed by atoms with Crippen molar-refractivity contribution >= 4 is 24.6 Å². The van der Waals surface area contributed by atoms with Crippen molar-refractivity contribution in [3.63, 3.8) is 0 Å². The van der Waals surface area contributed by atoms with Gasteiger partial charge in [0.25, 0.3) is 0 Å². The van der Waals surface area contributed by atoms with Crippen molar-refractivity contribution < 1.29 is 28.6 Å². The fraction of sp³-hybridized carbons (Fsp3) is 0.100. The molecule has 0 fully saturated rings. The Morgan fingerprint density at radius 3 is 1.53 bits per heavy atom. The molecule has 3 rings (SSSR count). The van der Waals surface area contributed by atoms with Gasteiger partial charge in [-0.05, 0) is 77.7 Å². The van der Waals surface area contributed by atoms with Crippen LogP contribution >= 0.6 is 0 Å². The number of methoxy groups -OCH3 is 2. The van der Waals surface area contributed by atoms with Crippen molar-refractivity contribution in [2.75, 3.05) is 14.2 Å². The molecule has 6 nitrogen and oxygen atoms in total. The van der Waals surface area contributed by atoms with Gasteiger partial charge in [0, 0.05) is 6.08 Å². The summed E-state index contributed by atoms with van der Waals surface area (Å²) in [6, 6.07) is 22.7. The molecule has 0 N–H and O–H groups in total. The van der Waals surface area contributed by atoms with Crippen LogP contribution in [0.5, 0.6) is 17.2 Å². The van der Waals surface area contributed by atoms with Crippen LogP contribution in [0.2, 0.25) is 0 Å². The SMILES string of the molecule is C=C(C)C=O.C=CC=O.COc1ccc(OC(=O)/C=C\c2ccc(-c3ccc(OC)cc3)cc2)cc1. The van der Waals surface area contributed by atoms with Gasteiger partial charge in [0.2, 0.25) is 0 Å². The zero-order valence-electron chi connectivity index (χ0n) is 20.7. The first-order valence-corrected chi connectivity index (χ1v) is 10.8. The maximum absolute atomic E-state index is 11.9. The molecule has 0 aliphatic rings. The van der Waals surface area contributed by atoms with E-state index < -0.39 is 5.97 Å². The lowest BCUT2D eigenvalue weighted by Crippen LogP contribution is -2.03. The third-order valence-corrected chi connectivity index (χ3v) is 4.32. The average molecular weight is 487 g/mol. The van der Waals surface area contributed by atoms with Crippen LogP contribution in [0.4, 0.5) is 0 Å². The molecule has 186 valence electrons. The molecule has 0 bridgehead atoms. The molecule has 0 heterocycles. The Morgan fingerprint density at radius 2 is 1.14 bits per heavy atom.